The van der Waals surface area contributed by atoms with Crippen molar-refractivity contribution in [3.63, 3.8) is 0 Å². The van der Waals surface area contributed by atoms with Crippen LogP contribution in [-0.4, -0.2) is 49.3 Å². The molecule has 0 spiro atoms. The van der Waals surface area contributed by atoms with Gasteiger partial charge in [0, 0.05) is 32.7 Å². The Bertz CT molecular complexity index is 91.0. The summed E-state index contributed by atoms with van der Waals surface area (Å²) in [7, 11) is 0. The number of halogens is 1. The molecule has 1 aliphatic heterocycles. The summed E-state index contributed by atoms with van der Waals surface area (Å²) in [5.41, 5.74) is 0. The number of rotatable bonds is 2. The molecule has 4 heteroatoms. The van der Waals surface area contributed by atoms with Gasteiger partial charge in [-0.15, -0.1) is 0 Å². The first-order valence-corrected chi connectivity index (χ1v) is 3.61. The highest BCUT2D eigenvalue weighted by molar-refractivity contribution is 4.67. The van der Waals surface area contributed by atoms with Gasteiger partial charge in [0.1, 0.15) is 6.67 Å². The molecule has 0 aromatic rings. The average Bonchev–Trinajstić information content (AvgIpc) is 1.95. The van der Waals surface area contributed by atoms with Crippen molar-refractivity contribution in [2.75, 3.05) is 39.4 Å². The maximum atomic E-state index is 11.8. The zero-order valence-electron chi connectivity index (χ0n) is 6.09. The Labute approximate surface area is 60.6 Å². The third-order valence-electron chi connectivity index (χ3n) is 1.81. The summed E-state index contributed by atoms with van der Waals surface area (Å²) in [6, 6.07) is 0. The minimum atomic E-state index is -0.245. The second kappa shape index (κ2) is 3.85. The van der Waals surface area contributed by atoms with Crippen molar-refractivity contribution < 1.29 is 4.39 Å². The van der Waals surface area contributed by atoms with E-state index in [1.165, 1.54) is 0 Å². The lowest BCUT2D eigenvalue weighted by Crippen LogP contribution is -2.49. The number of nitrogens with two attached hydrogens (primary N) is 1. The van der Waals surface area contributed by atoms with Gasteiger partial charge in [0.15, 0.2) is 0 Å². The highest BCUT2D eigenvalue weighted by atomic mass is 19.1. The van der Waals surface area contributed by atoms with Gasteiger partial charge in [-0.25, -0.2) is 9.40 Å². The summed E-state index contributed by atoms with van der Waals surface area (Å²) in [4.78, 5) is 2.09. The fourth-order valence-corrected chi connectivity index (χ4v) is 1.11. The van der Waals surface area contributed by atoms with Crippen LogP contribution in [0.3, 0.4) is 0 Å². The van der Waals surface area contributed by atoms with Crippen molar-refractivity contribution >= 4 is 0 Å². The van der Waals surface area contributed by atoms with Gasteiger partial charge in [0.2, 0.25) is 0 Å². The molecule has 3 nitrogen and oxygen atoms in total. The van der Waals surface area contributed by atoms with E-state index >= 15 is 0 Å². The number of hydrogen-bond donors (Lipinski definition) is 1. The minimum Gasteiger partial charge on any atom is -0.298 e. The van der Waals surface area contributed by atoms with Gasteiger partial charge in [-0.1, -0.05) is 0 Å². The van der Waals surface area contributed by atoms with Crippen LogP contribution in [0.1, 0.15) is 0 Å². The SMILES string of the molecule is NN1CCN(CCF)CC1. The number of hydrogen-bond acceptors (Lipinski definition) is 3. The van der Waals surface area contributed by atoms with E-state index in [4.69, 9.17) is 5.84 Å². The zero-order chi connectivity index (χ0) is 7.40. The van der Waals surface area contributed by atoms with Gasteiger partial charge in [0.25, 0.3) is 0 Å². The zero-order valence-corrected chi connectivity index (χ0v) is 6.09. The number of alkyl halides is 1. The van der Waals surface area contributed by atoms with Crippen LogP contribution in [0.5, 0.6) is 0 Å². The van der Waals surface area contributed by atoms with Gasteiger partial charge in [0.05, 0.1) is 0 Å². The molecule has 0 unspecified atom stereocenters. The van der Waals surface area contributed by atoms with Crippen LogP contribution >= 0.6 is 0 Å². The fourth-order valence-electron chi connectivity index (χ4n) is 1.11. The molecule has 60 valence electrons. The van der Waals surface area contributed by atoms with Crippen molar-refractivity contribution in [3.8, 4) is 0 Å². The number of hydrazine groups is 1. The second-order valence-electron chi connectivity index (χ2n) is 2.57. The molecule has 0 aromatic carbocycles. The van der Waals surface area contributed by atoms with Crippen molar-refractivity contribution in [1.82, 2.24) is 9.91 Å². The predicted molar refractivity (Wildman–Crippen MR) is 38.2 cm³/mol. The quantitative estimate of drug-likeness (QED) is 0.532. The Hall–Kier alpha value is -0.190. The third-order valence-corrected chi connectivity index (χ3v) is 1.81. The molecule has 0 amide bonds. The number of piperazine rings is 1. The van der Waals surface area contributed by atoms with Gasteiger partial charge in [-0.05, 0) is 0 Å². The van der Waals surface area contributed by atoms with E-state index < -0.39 is 0 Å². The molecule has 1 rings (SSSR count). The first-order valence-electron chi connectivity index (χ1n) is 3.61. The van der Waals surface area contributed by atoms with Gasteiger partial charge in [-0.2, -0.15) is 0 Å². The Kier molecular flexibility index (Phi) is 3.05. The van der Waals surface area contributed by atoms with Gasteiger partial charge in [-0.3, -0.25) is 10.7 Å². The van der Waals surface area contributed by atoms with Crippen LogP contribution in [0.4, 0.5) is 4.39 Å². The van der Waals surface area contributed by atoms with Crippen molar-refractivity contribution in [3.05, 3.63) is 0 Å². The van der Waals surface area contributed by atoms with Crippen molar-refractivity contribution in [1.29, 1.82) is 0 Å². The third kappa shape index (κ3) is 2.21. The number of nitrogens with zero attached hydrogens (tertiary/aromatic N) is 2. The summed E-state index contributed by atoms with van der Waals surface area (Å²) in [5.74, 6) is 5.51. The van der Waals surface area contributed by atoms with E-state index in [1.807, 2.05) is 0 Å². The topological polar surface area (TPSA) is 32.5 Å². The average molecular weight is 147 g/mol. The molecule has 10 heavy (non-hydrogen) atoms. The molecule has 0 bridgehead atoms. The molecule has 0 atom stereocenters. The first-order chi connectivity index (χ1) is 4.83. The van der Waals surface area contributed by atoms with Crippen LogP contribution in [-0.2, 0) is 0 Å². The molecule has 0 saturated carbocycles. The van der Waals surface area contributed by atoms with E-state index in [-0.39, 0.29) is 6.67 Å². The highest BCUT2D eigenvalue weighted by Gasteiger charge is 2.12. The van der Waals surface area contributed by atoms with Crippen LogP contribution < -0.4 is 5.84 Å². The molecule has 1 aliphatic rings. The Balaban J connectivity index is 2.13. The largest absolute Gasteiger partial charge is 0.298 e. The summed E-state index contributed by atoms with van der Waals surface area (Å²) in [6.07, 6.45) is 0. The van der Waals surface area contributed by atoms with E-state index in [1.54, 1.807) is 5.01 Å². The Morgan fingerprint density at radius 1 is 1.20 bits per heavy atom. The Morgan fingerprint density at radius 2 is 1.80 bits per heavy atom. The van der Waals surface area contributed by atoms with E-state index in [9.17, 15) is 4.39 Å². The molecule has 1 fully saturated rings. The lowest BCUT2D eigenvalue weighted by Gasteiger charge is -2.30. The van der Waals surface area contributed by atoms with Gasteiger partial charge >= 0.3 is 0 Å². The molecule has 1 saturated heterocycles. The molecule has 2 N–H and O–H groups in total. The minimum absolute atomic E-state index is 0.245. The normalized spacial score (nSPS) is 23.4. The lowest BCUT2D eigenvalue weighted by atomic mass is 10.3. The Morgan fingerprint density at radius 3 is 2.30 bits per heavy atom. The van der Waals surface area contributed by atoms with Crippen LogP contribution in [0.15, 0.2) is 0 Å². The summed E-state index contributed by atoms with van der Waals surface area (Å²) >= 11 is 0. The summed E-state index contributed by atoms with van der Waals surface area (Å²) in [6.45, 7) is 3.85. The standard InChI is InChI=1S/C6H14FN3/c7-1-2-9-3-5-10(8)6-4-9/h1-6,8H2. The molecule has 0 aliphatic carbocycles. The monoisotopic (exact) mass is 147 g/mol. The molecule has 0 aromatic heterocycles. The van der Waals surface area contributed by atoms with Crippen molar-refractivity contribution in [2.24, 2.45) is 5.84 Å². The molecule has 1 heterocycles. The molecular weight excluding hydrogens is 133 g/mol. The maximum Gasteiger partial charge on any atom is 0.102 e. The fraction of sp³-hybridized carbons (Fsp3) is 1.00. The summed E-state index contributed by atoms with van der Waals surface area (Å²) < 4.78 is 11.8. The van der Waals surface area contributed by atoms with Crippen LogP contribution in [0, 0.1) is 0 Å². The predicted octanol–water partition coefficient (Wildman–Crippen LogP) is -0.553. The second-order valence-corrected chi connectivity index (χ2v) is 2.57. The van der Waals surface area contributed by atoms with Gasteiger partial charge < -0.3 is 0 Å². The van der Waals surface area contributed by atoms with E-state index in [0.29, 0.717) is 6.54 Å². The van der Waals surface area contributed by atoms with Crippen LogP contribution in [0.25, 0.3) is 0 Å². The lowest BCUT2D eigenvalue weighted by molar-refractivity contribution is 0.127. The van der Waals surface area contributed by atoms with E-state index in [0.717, 1.165) is 26.2 Å². The van der Waals surface area contributed by atoms with Crippen LogP contribution in [0.2, 0.25) is 0 Å². The first kappa shape index (κ1) is 7.91. The molecular formula is C6H14FN3. The maximum absolute atomic E-state index is 11.8. The van der Waals surface area contributed by atoms with Crippen molar-refractivity contribution in [2.45, 2.75) is 0 Å². The molecule has 0 radical (unpaired) electrons. The summed E-state index contributed by atoms with van der Waals surface area (Å²) in [5, 5.41) is 1.77. The smallest absolute Gasteiger partial charge is 0.102 e. The van der Waals surface area contributed by atoms with E-state index in [2.05, 4.69) is 4.90 Å². The highest BCUT2D eigenvalue weighted by Crippen LogP contribution is 1.95.